The predicted molar refractivity (Wildman–Crippen MR) is 82.9 cm³/mol. The molecular weight excluding hydrogens is 300 g/mol. The quantitative estimate of drug-likeness (QED) is 0.775. The highest BCUT2D eigenvalue weighted by molar-refractivity contribution is 5.89. The summed E-state index contributed by atoms with van der Waals surface area (Å²) in [6.07, 6.45) is 3.76. The number of carboxylic acid groups (broad SMARTS) is 1. The van der Waals surface area contributed by atoms with Crippen LogP contribution < -0.4 is 5.32 Å². The summed E-state index contributed by atoms with van der Waals surface area (Å²) in [5.74, 6) is -2.21. The lowest BCUT2D eigenvalue weighted by Crippen LogP contribution is -2.52. The summed E-state index contributed by atoms with van der Waals surface area (Å²) >= 11 is 0. The first-order chi connectivity index (χ1) is 11.4. The van der Waals surface area contributed by atoms with Crippen LogP contribution in [0.3, 0.4) is 0 Å². The largest absolute Gasteiger partial charge is 0.480 e. The summed E-state index contributed by atoms with van der Waals surface area (Å²) in [5, 5.41) is 11.8. The van der Waals surface area contributed by atoms with Crippen LogP contribution in [0.4, 0.5) is 4.79 Å². The molecule has 23 heavy (non-hydrogen) atoms. The van der Waals surface area contributed by atoms with Crippen molar-refractivity contribution in [3.63, 3.8) is 0 Å². The molecule has 2 rings (SSSR count). The zero-order valence-corrected chi connectivity index (χ0v) is 13.5. The molecule has 1 saturated carbocycles. The predicted octanol–water partition coefficient (Wildman–Crippen LogP) is 1.76. The van der Waals surface area contributed by atoms with Crippen LogP contribution in [0.2, 0.25) is 0 Å². The molecular formula is C16H26N2O5. The molecule has 0 aromatic heterocycles. The van der Waals surface area contributed by atoms with E-state index in [9.17, 15) is 19.5 Å². The third-order valence-electron chi connectivity index (χ3n) is 4.49. The molecule has 0 aromatic carbocycles. The minimum atomic E-state index is -1.03. The Morgan fingerprint density at radius 3 is 2.61 bits per heavy atom. The van der Waals surface area contributed by atoms with Crippen molar-refractivity contribution in [1.82, 2.24) is 10.2 Å². The molecule has 7 heteroatoms. The first-order valence-corrected chi connectivity index (χ1v) is 8.33. The maximum Gasteiger partial charge on any atom is 0.407 e. The molecule has 0 unspecified atom stereocenters. The minimum absolute atomic E-state index is 0.181. The molecule has 2 fully saturated rings. The van der Waals surface area contributed by atoms with E-state index in [0.717, 1.165) is 12.8 Å². The Hall–Kier alpha value is -1.79. The second kappa shape index (κ2) is 8.17. The van der Waals surface area contributed by atoms with Crippen LogP contribution in [0.25, 0.3) is 0 Å². The highest BCUT2D eigenvalue weighted by atomic mass is 16.5. The lowest BCUT2D eigenvalue weighted by atomic mass is 9.97. The highest BCUT2D eigenvalue weighted by Gasteiger charge is 2.38. The van der Waals surface area contributed by atoms with Gasteiger partial charge in [0.25, 0.3) is 0 Å². The molecule has 1 saturated heterocycles. The van der Waals surface area contributed by atoms with Gasteiger partial charge in [0, 0.05) is 7.92 Å². The van der Waals surface area contributed by atoms with Crippen LogP contribution in [0.1, 0.15) is 53.2 Å². The fourth-order valence-corrected chi connectivity index (χ4v) is 3.37. The first-order valence-electron chi connectivity index (χ1n) is 8.83. The van der Waals surface area contributed by atoms with E-state index in [1.807, 2.05) is 0 Å². The summed E-state index contributed by atoms with van der Waals surface area (Å²) in [4.78, 5) is 37.3. The van der Waals surface area contributed by atoms with Gasteiger partial charge in [-0.1, -0.05) is 25.7 Å². The average molecular weight is 327 g/mol. The first kappa shape index (κ1) is 16.1. The summed E-state index contributed by atoms with van der Waals surface area (Å²) < 4.78 is 13.3. The second-order valence-electron chi connectivity index (χ2n) is 6.11. The van der Waals surface area contributed by atoms with Gasteiger partial charge in [-0.25, -0.2) is 9.59 Å². The number of carbonyl (C=O) groups is 3. The highest BCUT2D eigenvalue weighted by Crippen LogP contribution is 2.30. The number of hydrogen-bond donors (Lipinski definition) is 2. The number of carbonyl (C=O) groups excluding carboxylic acids is 2. The lowest BCUT2D eigenvalue weighted by Gasteiger charge is -2.28. The summed E-state index contributed by atoms with van der Waals surface area (Å²) in [7, 11) is 0. The molecule has 1 aliphatic carbocycles. The van der Waals surface area contributed by atoms with Crippen LogP contribution in [0.15, 0.2) is 0 Å². The van der Waals surface area contributed by atoms with E-state index < -0.39 is 35.9 Å². The molecule has 0 bridgehead atoms. The Labute approximate surface area is 137 Å². The van der Waals surface area contributed by atoms with Gasteiger partial charge in [0.1, 0.15) is 12.1 Å². The Balaban J connectivity index is 2.12. The standard InChI is InChI=1S/C16H26N2O5/c1-2-23-16(22)17-12(10-11-6-3-4-7-11)14(19)18-9-5-8-13(18)15(20)21/h11-13H,2-10H2,1H3,(H,17,22)(H,20,21)/t12-,13-/m0/s1/i11D. The Morgan fingerprint density at radius 1 is 1.30 bits per heavy atom. The summed E-state index contributed by atoms with van der Waals surface area (Å²) in [5.41, 5.74) is 0. The van der Waals surface area contributed by atoms with E-state index in [1.54, 1.807) is 6.92 Å². The van der Waals surface area contributed by atoms with Crippen molar-refractivity contribution in [2.24, 2.45) is 5.89 Å². The van der Waals surface area contributed by atoms with Gasteiger partial charge < -0.3 is 20.1 Å². The topological polar surface area (TPSA) is 95.9 Å². The van der Waals surface area contributed by atoms with Gasteiger partial charge in [0.15, 0.2) is 0 Å². The normalized spacial score (nSPS) is 24.8. The van der Waals surface area contributed by atoms with Crippen molar-refractivity contribution < 1.29 is 25.6 Å². The number of alkyl carbamates (subject to hydrolysis) is 1. The van der Waals surface area contributed by atoms with Crippen molar-refractivity contribution in [3.8, 4) is 0 Å². The van der Waals surface area contributed by atoms with Gasteiger partial charge in [-0.3, -0.25) is 4.79 Å². The Bertz CT molecular complexity index is 493. The third-order valence-corrected chi connectivity index (χ3v) is 4.49. The summed E-state index contributed by atoms with van der Waals surface area (Å²) in [6.45, 7) is 2.21. The zero-order chi connectivity index (χ0) is 17.7. The minimum Gasteiger partial charge on any atom is -0.480 e. The Morgan fingerprint density at radius 2 is 2.00 bits per heavy atom. The number of amides is 2. The van der Waals surface area contributed by atoms with Crippen molar-refractivity contribution >= 4 is 18.0 Å². The molecule has 0 aromatic rings. The molecule has 7 nitrogen and oxygen atoms in total. The molecule has 2 amide bonds. The number of nitrogens with one attached hydrogen (secondary N) is 1. The van der Waals surface area contributed by atoms with E-state index in [0.29, 0.717) is 32.2 Å². The maximum absolute atomic E-state index is 12.8. The van der Waals surface area contributed by atoms with Gasteiger partial charge in [0.05, 0.1) is 6.61 Å². The van der Waals surface area contributed by atoms with Crippen LogP contribution in [-0.2, 0) is 14.3 Å². The van der Waals surface area contributed by atoms with Gasteiger partial charge in [0.2, 0.25) is 5.91 Å². The number of nitrogens with zero attached hydrogens (tertiary/aromatic N) is 1. The van der Waals surface area contributed by atoms with Crippen molar-refractivity contribution in [3.05, 3.63) is 0 Å². The molecule has 2 atom stereocenters. The van der Waals surface area contributed by atoms with Crippen LogP contribution in [-0.4, -0.2) is 53.2 Å². The lowest BCUT2D eigenvalue weighted by molar-refractivity contribution is -0.149. The average Bonchev–Trinajstić information content (AvgIpc) is 3.15. The van der Waals surface area contributed by atoms with E-state index >= 15 is 0 Å². The fraction of sp³-hybridized carbons (Fsp3) is 0.812. The number of likely N-dealkylation sites (tertiary alicyclic amines) is 1. The van der Waals surface area contributed by atoms with Crippen LogP contribution in [0, 0.1) is 5.89 Å². The number of aliphatic carboxylic acids is 1. The van der Waals surface area contributed by atoms with E-state index in [2.05, 4.69) is 5.32 Å². The van der Waals surface area contributed by atoms with Crippen LogP contribution in [0.5, 0.6) is 0 Å². The van der Waals surface area contributed by atoms with Gasteiger partial charge >= 0.3 is 12.1 Å². The van der Waals surface area contributed by atoms with E-state index in [4.69, 9.17) is 6.11 Å². The summed E-state index contributed by atoms with van der Waals surface area (Å²) in [6, 6.07) is -1.77. The molecule has 130 valence electrons. The number of carboxylic acids is 1. The van der Waals surface area contributed by atoms with Gasteiger partial charge in [-0.2, -0.15) is 0 Å². The van der Waals surface area contributed by atoms with Crippen molar-refractivity contribution in [1.29, 1.82) is 0 Å². The molecule has 1 heterocycles. The van der Waals surface area contributed by atoms with Crippen LogP contribution >= 0.6 is 0 Å². The number of hydrogen-bond acceptors (Lipinski definition) is 4. The van der Waals surface area contributed by atoms with E-state index in [-0.39, 0.29) is 13.0 Å². The smallest absolute Gasteiger partial charge is 0.407 e. The monoisotopic (exact) mass is 327 g/mol. The van der Waals surface area contributed by atoms with Gasteiger partial charge in [-0.05, 0) is 32.1 Å². The maximum atomic E-state index is 12.8. The Kier molecular flexibility index (Phi) is 5.71. The molecule has 0 radical (unpaired) electrons. The molecule has 2 aliphatic rings. The number of ether oxygens (including phenoxy) is 1. The molecule has 1 aliphatic heterocycles. The molecule has 0 spiro atoms. The number of rotatable bonds is 6. The van der Waals surface area contributed by atoms with Crippen molar-refractivity contribution in [2.45, 2.75) is 64.0 Å². The SMILES string of the molecule is [2H]C1(C[C@H](NC(=O)OCC)C(=O)N2CCC[C@H]2C(=O)O)CCCC1. The van der Waals surface area contributed by atoms with E-state index in [1.165, 1.54) is 4.90 Å². The third kappa shape index (κ3) is 4.59. The zero-order valence-electron chi connectivity index (χ0n) is 14.5. The van der Waals surface area contributed by atoms with Crippen molar-refractivity contribution in [2.75, 3.05) is 13.2 Å². The fourth-order valence-electron chi connectivity index (χ4n) is 3.37. The van der Waals surface area contributed by atoms with Gasteiger partial charge in [-0.15, -0.1) is 0 Å². The molecule has 2 N–H and O–H groups in total. The second-order valence-corrected chi connectivity index (χ2v) is 6.11.